The number of anilines is 1. The lowest BCUT2D eigenvalue weighted by Crippen LogP contribution is -2.29. The predicted molar refractivity (Wildman–Crippen MR) is 75.4 cm³/mol. The summed E-state index contributed by atoms with van der Waals surface area (Å²) in [6.45, 7) is 3.84. The fraction of sp³-hybridized carbons (Fsp3) is 0.308. The van der Waals surface area contributed by atoms with E-state index in [1.165, 1.54) is 11.3 Å². The van der Waals surface area contributed by atoms with Crippen LogP contribution < -0.4 is 15.8 Å². The minimum Gasteiger partial charge on any atom is -0.497 e. The van der Waals surface area contributed by atoms with E-state index < -0.39 is 0 Å². The summed E-state index contributed by atoms with van der Waals surface area (Å²) in [7, 11) is 1.62. The van der Waals surface area contributed by atoms with Gasteiger partial charge < -0.3 is 15.8 Å². The van der Waals surface area contributed by atoms with Gasteiger partial charge in [-0.05, 0) is 32.0 Å². The van der Waals surface area contributed by atoms with Crippen LogP contribution in [0, 0.1) is 0 Å². The van der Waals surface area contributed by atoms with Gasteiger partial charge in [-0.25, -0.2) is 0 Å². The summed E-state index contributed by atoms with van der Waals surface area (Å²) in [6.07, 6.45) is 0. The fourth-order valence-electron chi connectivity index (χ4n) is 1.72. The molecular weight excluding hydrogens is 248 g/mol. The average molecular weight is 264 g/mol. The maximum absolute atomic E-state index is 12.0. The molecule has 0 aliphatic carbocycles. The van der Waals surface area contributed by atoms with Crippen LogP contribution in [-0.4, -0.2) is 19.1 Å². The molecule has 0 bridgehead atoms. The van der Waals surface area contributed by atoms with Crippen LogP contribution in [0.15, 0.2) is 18.2 Å². The highest BCUT2D eigenvalue weighted by Crippen LogP contribution is 2.35. The number of ether oxygens (including phenoxy) is 1. The summed E-state index contributed by atoms with van der Waals surface area (Å²) in [5, 5.41) is 3.75. The Morgan fingerprint density at radius 2 is 2.17 bits per heavy atom. The molecule has 0 fully saturated rings. The van der Waals surface area contributed by atoms with E-state index >= 15 is 0 Å². The fourth-order valence-corrected chi connectivity index (χ4v) is 2.77. The molecule has 0 atom stereocenters. The van der Waals surface area contributed by atoms with E-state index in [0.29, 0.717) is 10.6 Å². The Labute approximate surface area is 110 Å². The lowest BCUT2D eigenvalue weighted by Gasteiger charge is -2.06. The zero-order chi connectivity index (χ0) is 13.3. The molecule has 2 rings (SSSR count). The number of fused-ring (bicyclic) bond motifs is 1. The van der Waals surface area contributed by atoms with E-state index in [0.717, 1.165) is 15.8 Å². The van der Waals surface area contributed by atoms with Crippen molar-refractivity contribution in [2.24, 2.45) is 0 Å². The van der Waals surface area contributed by atoms with Crippen LogP contribution >= 0.6 is 11.3 Å². The van der Waals surface area contributed by atoms with Crippen molar-refractivity contribution in [3.05, 3.63) is 23.1 Å². The molecule has 1 aromatic carbocycles. The van der Waals surface area contributed by atoms with Crippen molar-refractivity contribution in [3.8, 4) is 5.75 Å². The number of carbonyl (C=O) groups is 1. The molecule has 0 radical (unpaired) electrons. The molecule has 1 aromatic heterocycles. The van der Waals surface area contributed by atoms with Gasteiger partial charge in [0.25, 0.3) is 5.91 Å². The van der Waals surface area contributed by atoms with Crippen LogP contribution in [-0.2, 0) is 0 Å². The third-order valence-electron chi connectivity index (χ3n) is 2.56. The Morgan fingerprint density at radius 3 is 2.78 bits per heavy atom. The second-order valence-electron chi connectivity index (χ2n) is 4.34. The van der Waals surface area contributed by atoms with Crippen molar-refractivity contribution in [2.45, 2.75) is 19.9 Å². The van der Waals surface area contributed by atoms with Crippen molar-refractivity contribution >= 4 is 33.0 Å². The lowest BCUT2D eigenvalue weighted by molar-refractivity contribution is 0.0948. The van der Waals surface area contributed by atoms with E-state index in [1.54, 1.807) is 7.11 Å². The van der Waals surface area contributed by atoms with Gasteiger partial charge in [0.1, 0.15) is 10.6 Å². The normalized spacial score (nSPS) is 10.9. The van der Waals surface area contributed by atoms with E-state index in [2.05, 4.69) is 5.32 Å². The van der Waals surface area contributed by atoms with Gasteiger partial charge in [-0.15, -0.1) is 11.3 Å². The summed E-state index contributed by atoms with van der Waals surface area (Å²) < 4.78 is 6.12. The molecule has 0 aliphatic heterocycles. The van der Waals surface area contributed by atoms with Gasteiger partial charge in [0.15, 0.2) is 0 Å². The van der Waals surface area contributed by atoms with E-state index in [1.807, 2.05) is 32.0 Å². The molecule has 18 heavy (non-hydrogen) atoms. The Balaban J connectivity index is 2.46. The molecule has 5 heteroatoms. The first-order valence-corrected chi connectivity index (χ1v) is 6.51. The molecule has 2 aromatic rings. The third-order valence-corrected chi connectivity index (χ3v) is 3.73. The molecular formula is C13H16N2O2S. The number of carbonyl (C=O) groups excluding carboxylic acids is 1. The highest BCUT2D eigenvalue weighted by atomic mass is 32.1. The SMILES string of the molecule is COc1ccc2c(N)c(C(=O)NC(C)C)sc2c1. The molecule has 1 amide bonds. The van der Waals surface area contributed by atoms with Gasteiger partial charge in [-0.1, -0.05) is 0 Å². The molecule has 1 heterocycles. The highest BCUT2D eigenvalue weighted by molar-refractivity contribution is 7.21. The van der Waals surface area contributed by atoms with Crippen molar-refractivity contribution in [2.75, 3.05) is 12.8 Å². The predicted octanol–water partition coefficient (Wildman–Crippen LogP) is 2.63. The summed E-state index contributed by atoms with van der Waals surface area (Å²) in [6, 6.07) is 5.71. The first-order valence-electron chi connectivity index (χ1n) is 5.69. The lowest BCUT2D eigenvalue weighted by atomic mass is 10.2. The molecule has 0 aliphatic rings. The molecule has 3 N–H and O–H groups in total. The zero-order valence-corrected chi connectivity index (χ0v) is 11.4. The number of rotatable bonds is 3. The van der Waals surface area contributed by atoms with Gasteiger partial charge in [0.2, 0.25) is 0 Å². The van der Waals surface area contributed by atoms with Gasteiger partial charge >= 0.3 is 0 Å². The van der Waals surface area contributed by atoms with Crippen molar-refractivity contribution < 1.29 is 9.53 Å². The van der Waals surface area contributed by atoms with Crippen LogP contribution in [0.25, 0.3) is 10.1 Å². The number of hydrogen-bond donors (Lipinski definition) is 2. The summed E-state index contributed by atoms with van der Waals surface area (Å²) in [5.41, 5.74) is 6.55. The molecule has 0 spiro atoms. The molecule has 96 valence electrons. The Hall–Kier alpha value is -1.75. The van der Waals surface area contributed by atoms with Gasteiger partial charge in [-0.3, -0.25) is 4.79 Å². The molecule has 0 saturated carbocycles. The maximum atomic E-state index is 12.0. The Bertz CT molecular complexity index is 590. The second kappa shape index (κ2) is 4.86. The second-order valence-corrected chi connectivity index (χ2v) is 5.39. The number of nitrogens with two attached hydrogens (primary N) is 1. The Kier molecular flexibility index (Phi) is 3.43. The largest absolute Gasteiger partial charge is 0.497 e. The van der Waals surface area contributed by atoms with Crippen LogP contribution in [0.1, 0.15) is 23.5 Å². The summed E-state index contributed by atoms with van der Waals surface area (Å²) in [4.78, 5) is 12.6. The number of amides is 1. The monoisotopic (exact) mass is 264 g/mol. The minimum absolute atomic E-state index is 0.0941. The average Bonchev–Trinajstić information content (AvgIpc) is 2.65. The number of thiophene rings is 1. The quantitative estimate of drug-likeness (QED) is 0.895. The first-order chi connectivity index (χ1) is 8.52. The standard InChI is InChI=1S/C13H16N2O2S/c1-7(2)15-13(16)12-11(14)9-5-4-8(17-3)6-10(9)18-12/h4-7H,14H2,1-3H3,(H,15,16). The van der Waals surface area contributed by atoms with E-state index in [-0.39, 0.29) is 11.9 Å². The molecule has 0 unspecified atom stereocenters. The minimum atomic E-state index is -0.123. The van der Waals surface area contributed by atoms with Crippen molar-refractivity contribution in [1.29, 1.82) is 0 Å². The van der Waals surface area contributed by atoms with E-state index in [4.69, 9.17) is 10.5 Å². The first kappa shape index (κ1) is 12.7. The number of nitrogen functional groups attached to an aromatic ring is 1. The van der Waals surface area contributed by atoms with Crippen molar-refractivity contribution in [1.82, 2.24) is 5.32 Å². The van der Waals surface area contributed by atoms with E-state index in [9.17, 15) is 4.79 Å². The van der Waals surface area contributed by atoms with Crippen molar-refractivity contribution in [3.63, 3.8) is 0 Å². The third kappa shape index (κ3) is 2.26. The summed E-state index contributed by atoms with van der Waals surface area (Å²) >= 11 is 1.39. The molecule has 4 nitrogen and oxygen atoms in total. The highest BCUT2D eigenvalue weighted by Gasteiger charge is 2.17. The van der Waals surface area contributed by atoms with Gasteiger partial charge in [0, 0.05) is 16.1 Å². The van der Waals surface area contributed by atoms with Gasteiger partial charge in [-0.2, -0.15) is 0 Å². The summed E-state index contributed by atoms with van der Waals surface area (Å²) in [5.74, 6) is 0.641. The maximum Gasteiger partial charge on any atom is 0.263 e. The number of hydrogen-bond acceptors (Lipinski definition) is 4. The van der Waals surface area contributed by atoms with Crippen LogP contribution in [0.5, 0.6) is 5.75 Å². The van der Waals surface area contributed by atoms with Crippen LogP contribution in [0.2, 0.25) is 0 Å². The number of benzene rings is 1. The van der Waals surface area contributed by atoms with Crippen LogP contribution in [0.3, 0.4) is 0 Å². The van der Waals surface area contributed by atoms with Gasteiger partial charge in [0.05, 0.1) is 12.8 Å². The molecule has 0 saturated heterocycles. The number of nitrogens with one attached hydrogen (secondary N) is 1. The smallest absolute Gasteiger partial charge is 0.263 e. The topological polar surface area (TPSA) is 64.3 Å². The number of methoxy groups -OCH3 is 1. The Morgan fingerprint density at radius 1 is 1.44 bits per heavy atom. The zero-order valence-electron chi connectivity index (χ0n) is 10.6. The van der Waals surface area contributed by atoms with Crippen LogP contribution in [0.4, 0.5) is 5.69 Å².